The van der Waals surface area contributed by atoms with Gasteiger partial charge in [-0.05, 0) is 41.6 Å². The summed E-state index contributed by atoms with van der Waals surface area (Å²) >= 11 is 0. The Morgan fingerprint density at radius 3 is 1.68 bits per heavy atom. The molecule has 0 unspecified atom stereocenters. The van der Waals surface area contributed by atoms with Crippen molar-refractivity contribution in [2.75, 3.05) is 0 Å². The molecule has 1 N–H and O–H groups in total. The van der Waals surface area contributed by atoms with Crippen LogP contribution in [-0.2, 0) is 18.8 Å². The first-order chi connectivity index (χ1) is 16.0. The second-order valence-corrected chi connectivity index (χ2v) is 7.77. The normalized spacial score (nSPS) is 13.7. The molecule has 0 spiro atoms. The zero-order valence-corrected chi connectivity index (χ0v) is 18.0. The van der Waals surface area contributed by atoms with Gasteiger partial charge in [-0.3, -0.25) is 4.99 Å². The quantitative estimate of drug-likeness (QED) is 0.263. The summed E-state index contributed by atoms with van der Waals surface area (Å²) in [6.45, 7) is 7.56. The molecule has 0 aliphatic heterocycles. The predicted octanol–water partition coefficient (Wildman–Crippen LogP) is 7.55. The maximum absolute atomic E-state index is 13.2. The molecule has 3 aromatic rings. The number of nitrogens with zero attached hydrogens (tertiary/aromatic N) is 1. The Balaban J connectivity index is 1.93. The Kier molecular flexibility index (Phi) is 7.49. The van der Waals surface area contributed by atoms with Crippen molar-refractivity contribution in [1.82, 2.24) is 5.32 Å². The number of hydrogen-bond donors (Lipinski definition) is 1. The molecule has 0 saturated heterocycles. The van der Waals surface area contributed by atoms with Gasteiger partial charge >= 0.3 is 12.4 Å². The van der Waals surface area contributed by atoms with Crippen molar-refractivity contribution in [3.05, 3.63) is 119 Å². The van der Waals surface area contributed by atoms with E-state index in [1.807, 2.05) is 60.7 Å². The highest BCUT2D eigenvalue weighted by atomic mass is 19.4. The van der Waals surface area contributed by atoms with E-state index in [1.165, 1.54) is 0 Å². The highest BCUT2D eigenvalue weighted by molar-refractivity contribution is 5.37. The molecule has 0 saturated carbocycles. The third-order valence-electron chi connectivity index (χ3n) is 5.24. The van der Waals surface area contributed by atoms with Crippen molar-refractivity contribution in [3.8, 4) is 0 Å². The molecule has 2 atom stereocenters. The van der Waals surface area contributed by atoms with Gasteiger partial charge in [0.25, 0.3) is 0 Å². The van der Waals surface area contributed by atoms with Crippen LogP contribution in [0.25, 0.3) is 0 Å². The summed E-state index contributed by atoms with van der Waals surface area (Å²) in [6, 6.07) is 19.0. The first kappa shape index (κ1) is 25.1. The van der Waals surface area contributed by atoms with Crippen LogP contribution in [0.2, 0.25) is 0 Å². The van der Waals surface area contributed by atoms with Crippen molar-refractivity contribution in [2.24, 2.45) is 4.99 Å². The van der Waals surface area contributed by atoms with E-state index < -0.39 is 35.6 Å². The Hall–Kier alpha value is -3.55. The maximum atomic E-state index is 13.2. The first-order valence-corrected chi connectivity index (χ1v) is 10.3. The highest BCUT2D eigenvalue weighted by Gasteiger charge is 2.37. The lowest BCUT2D eigenvalue weighted by atomic mass is 9.93. The number of alkyl halides is 6. The van der Waals surface area contributed by atoms with Crippen molar-refractivity contribution in [1.29, 1.82) is 0 Å². The van der Waals surface area contributed by atoms with Gasteiger partial charge in [0, 0.05) is 12.1 Å². The minimum Gasteiger partial charge on any atom is -0.379 e. The molecule has 2 nitrogen and oxygen atoms in total. The van der Waals surface area contributed by atoms with Crippen LogP contribution in [-0.4, -0.2) is 6.72 Å². The molecule has 0 bridgehead atoms. The lowest BCUT2D eigenvalue weighted by molar-refractivity contribution is -0.143. The predicted molar refractivity (Wildman–Crippen MR) is 120 cm³/mol. The zero-order valence-electron chi connectivity index (χ0n) is 18.0. The van der Waals surface area contributed by atoms with Gasteiger partial charge in [0.15, 0.2) is 0 Å². The number of halogens is 6. The summed E-state index contributed by atoms with van der Waals surface area (Å²) in [6.07, 6.45) is -10.1. The second kappa shape index (κ2) is 10.2. The Morgan fingerprint density at radius 2 is 1.24 bits per heavy atom. The minimum atomic E-state index is -4.91. The summed E-state index contributed by atoms with van der Waals surface area (Å²) in [5.41, 5.74) is -0.991. The average molecular weight is 476 g/mol. The van der Waals surface area contributed by atoms with Gasteiger partial charge in [-0.15, -0.1) is 0 Å². The van der Waals surface area contributed by atoms with Gasteiger partial charge in [0.05, 0.1) is 23.2 Å². The van der Waals surface area contributed by atoms with E-state index in [0.717, 1.165) is 11.1 Å². The first-order valence-electron chi connectivity index (χ1n) is 10.3. The topological polar surface area (TPSA) is 24.4 Å². The van der Waals surface area contributed by atoms with E-state index in [1.54, 1.807) is 0 Å². The van der Waals surface area contributed by atoms with Crippen LogP contribution in [0.5, 0.6) is 0 Å². The molecule has 0 aliphatic carbocycles. The number of nitrogens with one attached hydrogen (secondary N) is 1. The summed E-state index contributed by atoms with van der Waals surface area (Å²) in [7, 11) is 0. The van der Waals surface area contributed by atoms with Gasteiger partial charge in [0.1, 0.15) is 0 Å². The van der Waals surface area contributed by atoms with Gasteiger partial charge in [-0.1, -0.05) is 67.2 Å². The van der Waals surface area contributed by atoms with E-state index in [-0.39, 0.29) is 23.7 Å². The summed E-state index contributed by atoms with van der Waals surface area (Å²) < 4.78 is 79.3. The Morgan fingerprint density at radius 1 is 0.765 bits per heavy atom. The lowest BCUT2D eigenvalue weighted by Crippen LogP contribution is -2.26. The number of rotatable bonds is 8. The van der Waals surface area contributed by atoms with Crippen LogP contribution in [0.4, 0.5) is 26.3 Å². The van der Waals surface area contributed by atoms with Crippen LogP contribution in [0.1, 0.15) is 39.9 Å². The molecular formula is C26H22F6N2. The molecule has 0 amide bonds. The van der Waals surface area contributed by atoms with E-state index in [9.17, 15) is 26.3 Å². The molecule has 0 aromatic heterocycles. The molecule has 3 rings (SSSR count). The molecule has 0 radical (unpaired) electrons. The monoisotopic (exact) mass is 476 g/mol. The molecular weight excluding hydrogens is 454 g/mol. The summed E-state index contributed by atoms with van der Waals surface area (Å²) in [5.74, 6) is 0. The number of hydrogen-bond acceptors (Lipinski definition) is 2. The van der Waals surface area contributed by atoms with E-state index in [4.69, 9.17) is 0 Å². The minimum absolute atomic E-state index is 0.111. The van der Waals surface area contributed by atoms with Gasteiger partial charge in [0.2, 0.25) is 0 Å². The van der Waals surface area contributed by atoms with Crippen LogP contribution >= 0.6 is 0 Å². The molecule has 0 fully saturated rings. The van der Waals surface area contributed by atoms with Crippen molar-refractivity contribution < 1.29 is 26.3 Å². The SMILES string of the molecule is C=N[C@H](c1ccccc1)[C@H](NC(=C)Cc1cc(C(F)(F)F)cc(C(F)(F)F)c1)c1ccccc1. The molecule has 34 heavy (non-hydrogen) atoms. The highest BCUT2D eigenvalue weighted by Crippen LogP contribution is 2.37. The van der Waals surface area contributed by atoms with Crippen molar-refractivity contribution in [3.63, 3.8) is 0 Å². The van der Waals surface area contributed by atoms with E-state index in [0.29, 0.717) is 12.1 Å². The van der Waals surface area contributed by atoms with E-state index >= 15 is 0 Å². The third-order valence-corrected chi connectivity index (χ3v) is 5.24. The fraction of sp³-hybridized carbons (Fsp3) is 0.192. The maximum Gasteiger partial charge on any atom is 0.416 e. The summed E-state index contributed by atoms with van der Waals surface area (Å²) in [4.78, 5) is 4.24. The fourth-order valence-corrected chi connectivity index (χ4v) is 3.70. The zero-order chi connectivity index (χ0) is 24.9. The molecule has 0 aliphatic rings. The van der Waals surface area contributed by atoms with Crippen molar-refractivity contribution in [2.45, 2.75) is 30.9 Å². The molecule has 178 valence electrons. The van der Waals surface area contributed by atoms with Crippen LogP contribution in [0, 0.1) is 0 Å². The van der Waals surface area contributed by atoms with Crippen LogP contribution < -0.4 is 5.32 Å². The molecule has 3 aromatic carbocycles. The second-order valence-electron chi connectivity index (χ2n) is 7.77. The summed E-state index contributed by atoms with van der Waals surface area (Å²) in [5, 5.41) is 3.16. The van der Waals surface area contributed by atoms with Crippen molar-refractivity contribution >= 4 is 6.72 Å². The Labute approximate surface area is 193 Å². The fourth-order valence-electron chi connectivity index (χ4n) is 3.70. The van der Waals surface area contributed by atoms with E-state index in [2.05, 4.69) is 23.6 Å². The Bertz CT molecular complexity index is 1090. The number of allylic oxidation sites excluding steroid dienone is 1. The van der Waals surface area contributed by atoms with Gasteiger partial charge < -0.3 is 5.32 Å². The standard InChI is InChI=1S/C26H22F6N2/c1-17(13-18-14-21(25(27,28)29)16-22(15-18)26(30,31)32)34-24(20-11-7-4-8-12-20)23(33-2)19-9-5-3-6-10-19/h3-12,14-16,23-24,34H,1-2,13H2/t23-,24-/m1/s1. The number of aliphatic imine (C=N–C) groups is 1. The van der Waals surface area contributed by atoms with Crippen LogP contribution in [0.15, 0.2) is 96.1 Å². The van der Waals surface area contributed by atoms with Gasteiger partial charge in [-0.2, -0.15) is 26.3 Å². The lowest BCUT2D eigenvalue weighted by Gasteiger charge is -2.28. The molecule has 0 heterocycles. The largest absolute Gasteiger partial charge is 0.416 e. The third kappa shape index (κ3) is 6.27. The van der Waals surface area contributed by atoms with Crippen LogP contribution in [0.3, 0.4) is 0 Å². The average Bonchev–Trinajstić information content (AvgIpc) is 2.79. The smallest absolute Gasteiger partial charge is 0.379 e. The number of benzene rings is 3. The van der Waals surface area contributed by atoms with Gasteiger partial charge in [-0.25, -0.2) is 0 Å². The molecule has 8 heteroatoms.